The molecular weight excluding hydrogens is 374 g/mol. The first kappa shape index (κ1) is 33.2. The predicted molar refractivity (Wildman–Crippen MR) is 9.94 cm³/mol. The molecule has 0 unspecified atom stereocenters. The molecule has 0 fully saturated rings. The van der Waals surface area contributed by atoms with Crippen molar-refractivity contribution in [3.63, 3.8) is 0 Å². The molecule has 0 rings (SSSR count). The molecule has 0 aromatic heterocycles. The van der Waals surface area contributed by atoms with Crippen LogP contribution in [0, 0.1) is 0 Å². The zero-order valence-corrected chi connectivity index (χ0v) is 10.1. The van der Waals surface area contributed by atoms with E-state index in [1.807, 2.05) is 0 Å². The van der Waals surface area contributed by atoms with Gasteiger partial charge in [0.2, 0.25) is 0 Å². The van der Waals surface area contributed by atoms with Crippen molar-refractivity contribution in [1.82, 2.24) is 0 Å². The second-order valence-electron chi connectivity index (χ2n) is 0. The first-order valence-corrected chi connectivity index (χ1v) is 3.86. The van der Waals surface area contributed by atoms with Gasteiger partial charge in [0.05, 0.1) is 0 Å². The molecule has 0 aliphatic carbocycles. The average Bonchev–Trinajstić information content (AvgIpc) is 1.00. The van der Waals surface area contributed by atoms with E-state index in [1.165, 1.54) is 18.9 Å². The molecule has 0 atom stereocenters. The summed E-state index contributed by atoms with van der Waals surface area (Å²) in [5, 5.41) is 0. The van der Waals surface area contributed by atoms with Crippen LogP contribution in [0.4, 0.5) is 0 Å². The van der Waals surface area contributed by atoms with Crippen LogP contribution in [-0.4, -0.2) is 17.4 Å². The first-order chi connectivity index (χ1) is 1.00. The van der Waals surface area contributed by atoms with Crippen molar-refractivity contribution in [3.05, 3.63) is 0 Å². The first-order valence-electron chi connectivity index (χ1n) is 0.158. The van der Waals surface area contributed by atoms with E-state index >= 15 is 0 Å². The fourth-order valence-electron chi connectivity index (χ4n) is 0. The van der Waals surface area contributed by atoms with E-state index in [9.17, 15) is 0 Å². The molecule has 6 heavy (non-hydrogen) atoms. The third kappa shape index (κ3) is 25.2. The summed E-state index contributed by atoms with van der Waals surface area (Å²) in [7, 11) is 0. The Morgan fingerprint density at radius 1 is 1.17 bits per heavy atom. The van der Waals surface area contributed by atoms with Crippen LogP contribution >= 0.6 is 0 Å². The Bertz CT molecular complexity index is 15.5. The summed E-state index contributed by atoms with van der Waals surface area (Å²) in [4.78, 5) is 0. The van der Waals surface area contributed by atoms with Crippen LogP contribution in [0.15, 0.2) is 0 Å². The Morgan fingerprint density at radius 2 is 1.17 bits per heavy atom. The standard InChI is InChI=1S/Al.Fe.Mn.Mo.Nb.Ti.3H. The van der Waals surface area contributed by atoms with Gasteiger partial charge in [-0.05, 0) is 0 Å². The van der Waals surface area contributed by atoms with Crippen LogP contribution in [0.3, 0.4) is 0 Å². The fraction of sp³-hybridized carbons (Fsp3) is 0. The molecule has 0 nitrogen and oxygen atoms in total. The Kier molecular flexibility index (Phi) is 208. The topological polar surface area (TPSA) is 0 Å². The number of hydrogen-bond donors (Lipinski definition) is 0. The van der Waals surface area contributed by atoms with Gasteiger partial charge in [-0.2, -0.15) is 0 Å². The minimum Gasteiger partial charge on any atom is 0 e. The molecule has 0 aromatic carbocycles. The maximum Gasteiger partial charge on any atom is 0 e. The van der Waals surface area contributed by atoms with Gasteiger partial charge in [-0.3, -0.25) is 0 Å². The smallest absolute Gasteiger partial charge is 0 e. The molecule has 0 N–H and O–H groups in total. The molecule has 0 heterocycles. The largest absolute Gasteiger partial charge is 0 e. The molecule has 1 radical (unpaired) electrons. The van der Waals surface area contributed by atoms with E-state index in [1.54, 1.807) is 0 Å². The zero-order valence-electron chi connectivity index (χ0n) is 2.09. The molecule has 0 aliphatic heterocycles. The van der Waals surface area contributed by atoms with E-state index in [0.717, 1.165) is 0 Å². The molecule has 0 spiro atoms. The Labute approximate surface area is 107 Å². The third-order valence-corrected chi connectivity index (χ3v) is 0. The molecule has 0 saturated carbocycles. The van der Waals surface area contributed by atoms with Crippen molar-refractivity contribution in [2.24, 2.45) is 0 Å². The van der Waals surface area contributed by atoms with Crippen molar-refractivity contribution in [3.8, 4) is 0 Å². The van der Waals surface area contributed by atoms with E-state index in [4.69, 9.17) is 0 Å². The molecule has 0 aliphatic rings. The van der Waals surface area contributed by atoms with E-state index in [0.29, 0.717) is 0 Å². The van der Waals surface area contributed by atoms with Crippen molar-refractivity contribution in [1.29, 1.82) is 0 Å². The third-order valence-electron chi connectivity index (χ3n) is 0. The van der Waals surface area contributed by atoms with Gasteiger partial charge in [0.1, 0.15) is 0 Å². The summed E-state index contributed by atoms with van der Waals surface area (Å²) in [6.07, 6.45) is 0. The van der Waals surface area contributed by atoms with Crippen LogP contribution in [0.2, 0.25) is 0 Å². The minimum absolute atomic E-state index is 0. The summed E-state index contributed by atoms with van der Waals surface area (Å²) in [5.74, 6) is 0. The normalized spacial score (nSPS) is 0.833. The summed E-state index contributed by atoms with van der Waals surface area (Å²) < 4.78 is 0. The van der Waals surface area contributed by atoms with Crippen LogP contribution in [0.5, 0.6) is 0 Å². The number of hydrogen-bond acceptors (Lipinski definition) is 0. The van der Waals surface area contributed by atoms with Gasteiger partial charge in [0.15, 0.2) is 17.4 Å². The van der Waals surface area contributed by atoms with Crippen molar-refractivity contribution >= 4 is 17.4 Å². The van der Waals surface area contributed by atoms with Crippen LogP contribution in [-0.2, 0) is 91.9 Å². The van der Waals surface area contributed by atoms with E-state index in [2.05, 4.69) is 13.1 Å². The van der Waals surface area contributed by atoms with Gasteiger partial charge < -0.3 is 0 Å². The summed E-state index contributed by atoms with van der Waals surface area (Å²) in [6, 6.07) is 0. The van der Waals surface area contributed by atoms with Crippen LogP contribution in [0.25, 0.3) is 0 Å². The van der Waals surface area contributed by atoms with Gasteiger partial charge in [-0.15, -0.1) is 0 Å². The average molecular weight is 378 g/mol. The van der Waals surface area contributed by atoms with Crippen molar-refractivity contribution < 1.29 is 91.9 Å². The summed E-state index contributed by atoms with van der Waals surface area (Å²) in [6.45, 7) is 0. The molecule has 36 valence electrons. The number of rotatable bonds is 0. The molecular formula is H3AlFeMnMoNbTi. The fourth-order valence-corrected chi connectivity index (χ4v) is 0. The van der Waals surface area contributed by atoms with E-state index in [-0.39, 0.29) is 77.2 Å². The molecule has 0 saturated heterocycles. The predicted octanol–water partition coefficient (Wildman–Crippen LogP) is -1.20. The van der Waals surface area contributed by atoms with Gasteiger partial charge >= 0.3 is 32.0 Å². The Balaban J connectivity index is -0.000000000833. The van der Waals surface area contributed by atoms with E-state index < -0.39 is 0 Å². The van der Waals surface area contributed by atoms with Crippen molar-refractivity contribution in [2.45, 2.75) is 0 Å². The van der Waals surface area contributed by atoms with Crippen LogP contribution in [0.1, 0.15) is 0 Å². The van der Waals surface area contributed by atoms with Crippen LogP contribution < -0.4 is 0 Å². The second-order valence-corrected chi connectivity index (χ2v) is 0. The maximum atomic E-state index is 3.30. The molecule has 0 bridgehead atoms. The zero-order chi connectivity index (χ0) is 2.00. The van der Waals surface area contributed by atoms with Gasteiger partial charge in [-0.25, -0.2) is 0 Å². The van der Waals surface area contributed by atoms with Crippen molar-refractivity contribution in [2.75, 3.05) is 0 Å². The Hall–Kier alpha value is 3.71. The summed E-state index contributed by atoms with van der Waals surface area (Å²) in [5.41, 5.74) is 0. The van der Waals surface area contributed by atoms with Gasteiger partial charge in [0.25, 0.3) is 0 Å². The SMILES string of the molecule is [AlH3].[Fe][Nb].[Mn].[Mo].[Ti]. The monoisotopic (exact) mass is 380 g/mol. The molecule has 6 heteroatoms. The maximum absolute atomic E-state index is 3.30. The van der Waals surface area contributed by atoms with Gasteiger partial charge in [0, 0.05) is 59.9 Å². The Morgan fingerprint density at radius 3 is 1.17 bits per heavy atom. The minimum atomic E-state index is 0. The second kappa shape index (κ2) is 37.6. The quantitative estimate of drug-likeness (QED) is 0.466. The van der Waals surface area contributed by atoms with Gasteiger partial charge in [-0.1, -0.05) is 0 Å². The summed E-state index contributed by atoms with van der Waals surface area (Å²) >= 11 is 4.80. The molecule has 0 amide bonds. The molecule has 0 aromatic rings.